The average molecular weight is 196 g/mol. The van der Waals surface area contributed by atoms with Gasteiger partial charge in [0.2, 0.25) is 0 Å². The van der Waals surface area contributed by atoms with E-state index in [1.807, 2.05) is 0 Å². The molecule has 0 saturated heterocycles. The highest BCUT2D eigenvalue weighted by Crippen LogP contribution is 2.03. The Morgan fingerprint density at radius 1 is 1.43 bits per heavy atom. The molecule has 0 atom stereocenters. The molecular weight excluding hydrogens is 176 g/mol. The highest BCUT2D eigenvalue weighted by atomic mass is 16.5. The Kier molecular flexibility index (Phi) is 10.3. The predicted octanol–water partition coefficient (Wildman–Crippen LogP) is 2.67. The van der Waals surface area contributed by atoms with Gasteiger partial charge in [-0.05, 0) is 19.9 Å². The lowest BCUT2D eigenvalue weighted by atomic mass is 10.2. The van der Waals surface area contributed by atoms with Crippen molar-refractivity contribution in [2.45, 2.75) is 13.3 Å². The number of nitrogens with two attached hydrogens (primary N) is 1. The molecular formula is C11H20N2O. The Bertz CT molecular complexity index is 240. The maximum absolute atomic E-state index is 4.88. The molecule has 1 rings (SSSR count). The van der Waals surface area contributed by atoms with Gasteiger partial charge in [-0.1, -0.05) is 36.0 Å². The van der Waals surface area contributed by atoms with Gasteiger partial charge in [-0.3, -0.25) is 0 Å². The van der Waals surface area contributed by atoms with Gasteiger partial charge >= 0.3 is 0 Å². The van der Waals surface area contributed by atoms with E-state index in [9.17, 15) is 0 Å². The molecule has 0 bridgehead atoms. The molecule has 5 N–H and O–H groups in total. The van der Waals surface area contributed by atoms with Gasteiger partial charge in [-0.25, -0.2) is 0 Å². The second kappa shape index (κ2) is 9.61. The molecule has 1 aliphatic carbocycles. The van der Waals surface area contributed by atoms with E-state index in [0.29, 0.717) is 0 Å². The fourth-order valence-electron chi connectivity index (χ4n) is 0.685. The first kappa shape index (κ1) is 15.0. The molecule has 0 fully saturated rings. The van der Waals surface area contributed by atoms with Gasteiger partial charge < -0.3 is 16.6 Å². The topological polar surface area (TPSA) is 70.2 Å². The van der Waals surface area contributed by atoms with E-state index < -0.39 is 0 Å². The Balaban J connectivity index is 0. The summed E-state index contributed by atoms with van der Waals surface area (Å²) < 4.78 is 4.33. The van der Waals surface area contributed by atoms with Gasteiger partial charge in [-0.15, -0.1) is 0 Å². The monoisotopic (exact) mass is 196 g/mol. The van der Waals surface area contributed by atoms with Crippen LogP contribution in [0.2, 0.25) is 0 Å². The first-order valence-electron chi connectivity index (χ1n) is 4.14. The van der Waals surface area contributed by atoms with Crippen LogP contribution in [-0.4, -0.2) is 7.11 Å². The number of rotatable bonds is 1. The van der Waals surface area contributed by atoms with E-state index >= 15 is 0 Å². The third kappa shape index (κ3) is 10.5. The number of hydrogen-bond donors (Lipinski definition) is 2. The normalized spacial score (nSPS) is 12.6. The standard InChI is InChI=1S/C8H10.C3H7NO.H3N/c1-8-6-4-2-3-5-7-8;1-3(4)5-2;/h2-6H,7H2,1H3;1,4H2,2H3;1H3. The Morgan fingerprint density at radius 3 is 2.50 bits per heavy atom. The first-order chi connectivity index (χ1) is 6.16. The largest absolute Gasteiger partial charge is 0.483 e. The van der Waals surface area contributed by atoms with E-state index in [-0.39, 0.29) is 12.0 Å². The van der Waals surface area contributed by atoms with Crippen molar-refractivity contribution in [2.75, 3.05) is 7.11 Å². The summed E-state index contributed by atoms with van der Waals surface area (Å²) in [5.74, 6) is 0.255. The summed E-state index contributed by atoms with van der Waals surface area (Å²) in [6.45, 7) is 5.37. The van der Waals surface area contributed by atoms with Crippen LogP contribution in [-0.2, 0) is 4.74 Å². The summed E-state index contributed by atoms with van der Waals surface area (Å²) >= 11 is 0. The minimum absolute atomic E-state index is 0. The molecule has 1 aliphatic rings. The van der Waals surface area contributed by atoms with Crippen molar-refractivity contribution in [2.24, 2.45) is 5.73 Å². The minimum Gasteiger partial charge on any atom is -0.483 e. The molecule has 80 valence electrons. The zero-order valence-electron chi connectivity index (χ0n) is 8.99. The van der Waals surface area contributed by atoms with E-state index in [1.165, 1.54) is 12.7 Å². The summed E-state index contributed by atoms with van der Waals surface area (Å²) in [5, 5.41) is 0. The van der Waals surface area contributed by atoms with Crippen LogP contribution >= 0.6 is 0 Å². The lowest BCUT2D eigenvalue weighted by Crippen LogP contribution is -1.94. The van der Waals surface area contributed by atoms with Crippen LogP contribution in [0, 0.1) is 0 Å². The van der Waals surface area contributed by atoms with Crippen LogP contribution in [0.4, 0.5) is 0 Å². The first-order valence-corrected chi connectivity index (χ1v) is 4.14. The number of hydrogen-bond acceptors (Lipinski definition) is 3. The quantitative estimate of drug-likeness (QED) is 0.633. The van der Waals surface area contributed by atoms with Crippen molar-refractivity contribution < 1.29 is 4.74 Å². The van der Waals surface area contributed by atoms with Gasteiger partial charge in [0.15, 0.2) is 5.88 Å². The zero-order chi connectivity index (χ0) is 10.1. The fraction of sp³-hybridized carbons (Fsp3) is 0.273. The van der Waals surface area contributed by atoms with Gasteiger partial charge in [0.1, 0.15) is 0 Å². The molecule has 0 aliphatic heterocycles. The van der Waals surface area contributed by atoms with E-state index in [2.05, 4.69) is 48.6 Å². The number of allylic oxidation sites excluding steroid dienone is 6. The molecule has 0 aromatic heterocycles. The summed E-state index contributed by atoms with van der Waals surface area (Å²) in [6.07, 6.45) is 11.6. The van der Waals surface area contributed by atoms with Gasteiger partial charge in [0.25, 0.3) is 0 Å². The molecule has 14 heavy (non-hydrogen) atoms. The van der Waals surface area contributed by atoms with E-state index in [1.54, 1.807) is 0 Å². The molecule has 0 unspecified atom stereocenters. The molecule has 0 heterocycles. The molecule has 0 aromatic rings. The Labute approximate surface area is 86.2 Å². The molecule has 0 amide bonds. The van der Waals surface area contributed by atoms with Crippen LogP contribution in [0.25, 0.3) is 0 Å². The number of ether oxygens (including phenoxy) is 1. The molecule has 3 heteroatoms. The van der Waals surface area contributed by atoms with Gasteiger partial charge in [0, 0.05) is 0 Å². The second-order valence-electron chi connectivity index (χ2n) is 2.70. The van der Waals surface area contributed by atoms with Crippen LogP contribution in [0.5, 0.6) is 0 Å². The maximum atomic E-state index is 4.88. The predicted molar refractivity (Wildman–Crippen MR) is 62.0 cm³/mol. The van der Waals surface area contributed by atoms with Crippen LogP contribution < -0.4 is 11.9 Å². The van der Waals surface area contributed by atoms with E-state index in [4.69, 9.17) is 5.73 Å². The van der Waals surface area contributed by atoms with Crippen LogP contribution in [0.1, 0.15) is 13.3 Å². The lowest BCUT2D eigenvalue weighted by molar-refractivity contribution is 0.289. The van der Waals surface area contributed by atoms with Crippen molar-refractivity contribution in [3.8, 4) is 0 Å². The third-order valence-electron chi connectivity index (χ3n) is 1.44. The van der Waals surface area contributed by atoms with Crippen molar-refractivity contribution in [3.63, 3.8) is 0 Å². The zero-order valence-corrected chi connectivity index (χ0v) is 8.99. The fourth-order valence-corrected chi connectivity index (χ4v) is 0.685. The van der Waals surface area contributed by atoms with Crippen molar-refractivity contribution in [1.29, 1.82) is 0 Å². The summed E-state index contributed by atoms with van der Waals surface area (Å²) in [6, 6.07) is 0. The smallest absolute Gasteiger partial charge is 0.176 e. The van der Waals surface area contributed by atoms with Gasteiger partial charge in [-0.2, -0.15) is 0 Å². The Morgan fingerprint density at radius 2 is 2.00 bits per heavy atom. The SMILES string of the molecule is C=C(N)OC.CC1=CC=CC=CC1.N. The number of methoxy groups -OCH3 is 1. The maximum Gasteiger partial charge on any atom is 0.176 e. The summed E-state index contributed by atoms with van der Waals surface area (Å²) in [4.78, 5) is 0. The Hall–Kier alpha value is -1.48. The molecule has 0 radical (unpaired) electrons. The second-order valence-corrected chi connectivity index (χ2v) is 2.70. The molecule has 0 saturated carbocycles. The summed E-state index contributed by atoms with van der Waals surface area (Å²) in [5.41, 5.74) is 6.30. The van der Waals surface area contributed by atoms with Crippen molar-refractivity contribution in [1.82, 2.24) is 6.15 Å². The van der Waals surface area contributed by atoms with Crippen molar-refractivity contribution in [3.05, 3.63) is 48.4 Å². The molecule has 0 aromatic carbocycles. The van der Waals surface area contributed by atoms with Crippen LogP contribution in [0.15, 0.2) is 48.4 Å². The van der Waals surface area contributed by atoms with Crippen molar-refractivity contribution >= 4 is 0 Å². The summed E-state index contributed by atoms with van der Waals surface area (Å²) in [7, 11) is 1.47. The van der Waals surface area contributed by atoms with Crippen LogP contribution in [0.3, 0.4) is 0 Å². The third-order valence-corrected chi connectivity index (χ3v) is 1.44. The van der Waals surface area contributed by atoms with Gasteiger partial charge in [0.05, 0.1) is 7.11 Å². The molecule has 3 nitrogen and oxygen atoms in total. The highest BCUT2D eigenvalue weighted by Gasteiger charge is 1.83. The highest BCUT2D eigenvalue weighted by molar-refractivity contribution is 5.21. The van der Waals surface area contributed by atoms with E-state index in [0.717, 1.165) is 6.42 Å². The molecule has 0 spiro atoms. The average Bonchev–Trinajstić information content (AvgIpc) is 2.33. The lowest BCUT2D eigenvalue weighted by Gasteiger charge is -1.88. The minimum atomic E-state index is 0.